The van der Waals surface area contributed by atoms with Crippen LogP contribution >= 0.6 is 0 Å². The molecule has 1 unspecified atom stereocenters. The molecule has 0 saturated heterocycles. The van der Waals surface area contributed by atoms with Gasteiger partial charge in [-0.25, -0.2) is 0 Å². The van der Waals surface area contributed by atoms with Crippen molar-refractivity contribution in [2.75, 3.05) is 26.7 Å². The third kappa shape index (κ3) is 10.5. The minimum absolute atomic E-state index is 0.0804. The fourth-order valence-electron chi connectivity index (χ4n) is 2.55. The van der Waals surface area contributed by atoms with Gasteiger partial charge in [0.1, 0.15) is 0 Å². The van der Waals surface area contributed by atoms with Crippen LogP contribution < -0.4 is 16.0 Å². The standard InChI is InChI=1S/C18H39N5O/c1-8-16(6)22-17(24)10-12-21-18(19-7)20-11-9-13-23(14(2)3)15(4)5/h14-16H,8-13H2,1-7H3,(H,22,24)(H2,19,20,21). The minimum Gasteiger partial charge on any atom is -0.356 e. The van der Waals surface area contributed by atoms with E-state index in [0.29, 0.717) is 25.0 Å². The Balaban J connectivity index is 3.94. The van der Waals surface area contributed by atoms with Crippen molar-refractivity contribution in [1.29, 1.82) is 0 Å². The molecule has 1 amide bonds. The van der Waals surface area contributed by atoms with Gasteiger partial charge in [0.2, 0.25) is 5.91 Å². The van der Waals surface area contributed by atoms with Gasteiger partial charge in [-0.3, -0.25) is 14.7 Å². The van der Waals surface area contributed by atoms with E-state index in [0.717, 1.165) is 31.9 Å². The lowest BCUT2D eigenvalue weighted by Crippen LogP contribution is -2.42. The highest BCUT2D eigenvalue weighted by Gasteiger charge is 2.12. The summed E-state index contributed by atoms with van der Waals surface area (Å²) < 4.78 is 0. The van der Waals surface area contributed by atoms with Crippen molar-refractivity contribution < 1.29 is 4.79 Å². The van der Waals surface area contributed by atoms with Crippen molar-refractivity contribution in [2.45, 2.75) is 78.9 Å². The number of hydrogen-bond donors (Lipinski definition) is 3. The van der Waals surface area contributed by atoms with E-state index in [1.807, 2.05) is 6.92 Å². The van der Waals surface area contributed by atoms with Crippen LogP contribution in [0, 0.1) is 0 Å². The fraction of sp³-hybridized carbons (Fsp3) is 0.889. The molecular formula is C18H39N5O. The maximum Gasteiger partial charge on any atom is 0.221 e. The Morgan fingerprint density at radius 2 is 1.62 bits per heavy atom. The molecule has 0 aliphatic carbocycles. The third-order valence-electron chi connectivity index (χ3n) is 4.10. The predicted molar refractivity (Wildman–Crippen MR) is 103 cm³/mol. The topological polar surface area (TPSA) is 68.8 Å². The van der Waals surface area contributed by atoms with Gasteiger partial charge in [0, 0.05) is 51.2 Å². The van der Waals surface area contributed by atoms with Gasteiger partial charge >= 0.3 is 0 Å². The summed E-state index contributed by atoms with van der Waals surface area (Å²) in [6.45, 7) is 15.5. The average molecular weight is 342 g/mol. The Hall–Kier alpha value is -1.30. The van der Waals surface area contributed by atoms with E-state index >= 15 is 0 Å². The molecule has 0 aliphatic heterocycles. The number of guanidine groups is 1. The molecule has 0 heterocycles. The Labute approximate surface area is 148 Å². The van der Waals surface area contributed by atoms with Crippen LogP contribution in [-0.2, 0) is 4.79 Å². The van der Waals surface area contributed by atoms with E-state index < -0.39 is 0 Å². The molecular weight excluding hydrogens is 302 g/mol. The van der Waals surface area contributed by atoms with Gasteiger partial charge in [-0.2, -0.15) is 0 Å². The largest absolute Gasteiger partial charge is 0.356 e. The van der Waals surface area contributed by atoms with Crippen LogP contribution in [0.25, 0.3) is 0 Å². The molecule has 3 N–H and O–H groups in total. The van der Waals surface area contributed by atoms with Crippen molar-refractivity contribution in [1.82, 2.24) is 20.9 Å². The van der Waals surface area contributed by atoms with Gasteiger partial charge in [0.25, 0.3) is 0 Å². The first-order valence-corrected chi connectivity index (χ1v) is 9.31. The van der Waals surface area contributed by atoms with Crippen LogP contribution in [0.2, 0.25) is 0 Å². The number of nitrogens with one attached hydrogen (secondary N) is 3. The summed E-state index contributed by atoms with van der Waals surface area (Å²) in [6, 6.07) is 1.36. The zero-order valence-corrected chi connectivity index (χ0v) is 16.8. The zero-order valence-electron chi connectivity index (χ0n) is 16.8. The zero-order chi connectivity index (χ0) is 18.5. The van der Waals surface area contributed by atoms with Gasteiger partial charge in [-0.05, 0) is 47.5 Å². The lowest BCUT2D eigenvalue weighted by atomic mass is 10.2. The van der Waals surface area contributed by atoms with E-state index in [1.165, 1.54) is 0 Å². The Morgan fingerprint density at radius 1 is 1.04 bits per heavy atom. The summed E-state index contributed by atoms with van der Waals surface area (Å²) in [5.41, 5.74) is 0. The number of aliphatic imine (C=N–C) groups is 1. The van der Waals surface area contributed by atoms with Gasteiger partial charge in [-0.15, -0.1) is 0 Å². The van der Waals surface area contributed by atoms with E-state index in [2.05, 4.69) is 60.5 Å². The smallest absolute Gasteiger partial charge is 0.221 e. The molecule has 0 rings (SSSR count). The van der Waals surface area contributed by atoms with Crippen LogP contribution in [0.4, 0.5) is 0 Å². The molecule has 1 atom stereocenters. The molecule has 0 saturated carbocycles. The van der Waals surface area contributed by atoms with Crippen molar-refractivity contribution in [2.24, 2.45) is 4.99 Å². The number of carbonyl (C=O) groups excluding carboxylic acids is 1. The Kier molecular flexibility index (Phi) is 12.3. The van der Waals surface area contributed by atoms with Crippen molar-refractivity contribution >= 4 is 11.9 Å². The summed E-state index contributed by atoms with van der Waals surface area (Å²) in [6.07, 6.45) is 2.47. The molecule has 6 nitrogen and oxygen atoms in total. The highest BCUT2D eigenvalue weighted by molar-refractivity contribution is 5.81. The highest BCUT2D eigenvalue weighted by Crippen LogP contribution is 2.05. The summed E-state index contributed by atoms with van der Waals surface area (Å²) >= 11 is 0. The van der Waals surface area contributed by atoms with E-state index in [-0.39, 0.29) is 11.9 Å². The number of hydrogen-bond acceptors (Lipinski definition) is 3. The summed E-state index contributed by atoms with van der Waals surface area (Å²) in [5, 5.41) is 9.46. The lowest BCUT2D eigenvalue weighted by Gasteiger charge is -2.30. The van der Waals surface area contributed by atoms with Gasteiger partial charge in [0.15, 0.2) is 5.96 Å². The first kappa shape index (κ1) is 22.7. The molecule has 0 aliphatic rings. The maximum absolute atomic E-state index is 11.7. The van der Waals surface area contributed by atoms with Crippen LogP contribution in [0.5, 0.6) is 0 Å². The number of rotatable bonds is 11. The first-order chi connectivity index (χ1) is 11.3. The van der Waals surface area contributed by atoms with Gasteiger partial charge in [0.05, 0.1) is 0 Å². The second-order valence-corrected chi connectivity index (χ2v) is 6.83. The predicted octanol–water partition coefficient (Wildman–Crippen LogP) is 1.97. The molecule has 6 heteroatoms. The summed E-state index contributed by atoms with van der Waals surface area (Å²) in [5.74, 6) is 0.837. The molecule has 142 valence electrons. The molecule has 0 spiro atoms. The molecule has 0 radical (unpaired) electrons. The van der Waals surface area contributed by atoms with Crippen LogP contribution in [0.15, 0.2) is 4.99 Å². The first-order valence-electron chi connectivity index (χ1n) is 9.31. The van der Waals surface area contributed by atoms with Crippen molar-refractivity contribution in [3.63, 3.8) is 0 Å². The van der Waals surface area contributed by atoms with Gasteiger partial charge in [-0.1, -0.05) is 6.92 Å². The summed E-state index contributed by atoms with van der Waals surface area (Å²) in [7, 11) is 1.75. The molecule has 0 bridgehead atoms. The second kappa shape index (κ2) is 13.0. The number of amides is 1. The molecule has 0 aromatic rings. The Morgan fingerprint density at radius 3 is 2.12 bits per heavy atom. The SMILES string of the molecule is CCC(C)NC(=O)CCNC(=NC)NCCCN(C(C)C)C(C)C. The number of nitrogens with zero attached hydrogens (tertiary/aromatic N) is 2. The Bertz CT molecular complexity index is 360. The second-order valence-electron chi connectivity index (χ2n) is 6.83. The van der Waals surface area contributed by atoms with Crippen LogP contribution in [0.3, 0.4) is 0 Å². The molecule has 0 aromatic heterocycles. The molecule has 0 fully saturated rings. The average Bonchev–Trinajstić information content (AvgIpc) is 2.51. The van der Waals surface area contributed by atoms with Crippen LogP contribution in [0.1, 0.15) is 60.8 Å². The quantitative estimate of drug-likeness (QED) is 0.305. The third-order valence-corrected chi connectivity index (χ3v) is 4.10. The van der Waals surface area contributed by atoms with E-state index in [1.54, 1.807) is 7.05 Å². The van der Waals surface area contributed by atoms with E-state index in [9.17, 15) is 4.79 Å². The monoisotopic (exact) mass is 341 g/mol. The van der Waals surface area contributed by atoms with Crippen molar-refractivity contribution in [3.8, 4) is 0 Å². The maximum atomic E-state index is 11.7. The van der Waals surface area contributed by atoms with Crippen molar-refractivity contribution in [3.05, 3.63) is 0 Å². The minimum atomic E-state index is 0.0804. The van der Waals surface area contributed by atoms with Gasteiger partial charge < -0.3 is 16.0 Å². The van der Waals surface area contributed by atoms with E-state index in [4.69, 9.17) is 0 Å². The fourth-order valence-corrected chi connectivity index (χ4v) is 2.55. The lowest BCUT2D eigenvalue weighted by molar-refractivity contribution is -0.121. The normalized spacial score (nSPS) is 13.5. The number of carbonyl (C=O) groups is 1. The highest BCUT2D eigenvalue weighted by atomic mass is 16.1. The molecule has 24 heavy (non-hydrogen) atoms. The molecule has 0 aromatic carbocycles. The van der Waals surface area contributed by atoms with Crippen LogP contribution in [-0.4, -0.2) is 61.6 Å². The summed E-state index contributed by atoms with van der Waals surface area (Å²) in [4.78, 5) is 18.4.